The molecule has 2 fully saturated rings. The first-order valence-electron chi connectivity index (χ1n) is 11.0. The van der Waals surface area contributed by atoms with Gasteiger partial charge in [0.15, 0.2) is 0 Å². The maximum Gasteiger partial charge on any atom is 0.229 e. The van der Waals surface area contributed by atoms with Crippen LogP contribution >= 0.6 is 0 Å². The molecule has 0 aliphatic carbocycles. The second-order valence-electron chi connectivity index (χ2n) is 8.80. The molecule has 4 rings (SSSR count). The predicted octanol–water partition coefficient (Wildman–Crippen LogP) is 4.53. The molecule has 0 aromatic heterocycles. The Kier molecular flexibility index (Phi) is 5.80. The molecule has 2 aliphatic heterocycles. The van der Waals surface area contributed by atoms with Gasteiger partial charge in [-0.25, -0.2) is 0 Å². The number of aryl methyl sites for hydroxylation is 1. The second kappa shape index (κ2) is 8.50. The summed E-state index contributed by atoms with van der Waals surface area (Å²) in [5.74, 6) is 0.353. The van der Waals surface area contributed by atoms with Gasteiger partial charge in [0.25, 0.3) is 0 Å². The molecule has 0 spiro atoms. The Labute approximate surface area is 179 Å². The summed E-state index contributed by atoms with van der Waals surface area (Å²) in [6.45, 7) is 8.82. The van der Waals surface area contributed by atoms with E-state index in [-0.39, 0.29) is 24.2 Å². The van der Waals surface area contributed by atoms with Crippen LogP contribution in [0.15, 0.2) is 42.5 Å². The highest BCUT2D eigenvalue weighted by molar-refractivity contribution is 6.04. The van der Waals surface area contributed by atoms with Crippen LogP contribution in [-0.4, -0.2) is 31.4 Å². The number of rotatable bonds is 4. The molecule has 0 bridgehead atoms. The molecule has 1 atom stereocenters. The number of hydrogen-bond acceptors (Lipinski definition) is 3. The highest BCUT2D eigenvalue weighted by Crippen LogP contribution is 2.32. The molecule has 2 amide bonds. The van der Waals surface area contributed by atoms with Gasteiger partial charge in [0, 0.05) is 31.7 Å². The molecule has 30 heavy (non-hydrogen) atoms. The van der Waals surface area contributed by atoms with Gasteiger partial charge in [-0.2, -0.15) is 0 Å². The topological polar surface area (TPSA) is 52.7 Å². The van der Waals surface area contributed by atoms with Gasteiger partial charge < -0.3 is 15.1 Å². The fourth-order valence-electron chi connectivity index (χ4n) is 4.48. The lowest BCUT2D eigenvalue weighted by molar-refractivity contribution is -0.122. The van der Waals surface area contributed by atoms with Crippen LogP contribution in [0.5, 0.6) is 0 Å². The van der Waals surface area contributed by atoms with Crippen LogP contribution < -0.4 is 15.1 Å². The lowest BCUT2D eigenvalue weighted by Crippen LogP contribution is -2.34. The number of piperidine rings is 1. The normalized spacial score (nSPS) is 20.0. The second-order valence-corrected chi connectivity index (χ2v) is 8.80. The van der Waals surface area contributed by atoms with Crippen molar-refractivity contribution < 1.29 is 9.59 Å². The fourth-order valence-corrected chi connectivity index (χ4v) is 4.48. The molecule has 2 aromatic rings. The van der Waals surface area contributed by atoms with Crippen molar-refractivity contribution in [1.29, 1.82) is 0 Å². The zero-order valence-corrected chi connectivity index (χ0v) is 18.1. The van der Waals surface area contributed by atoms with E-state index in [2.05, 4.69) is 23.2 Å². The molecule has 0 unspecified atom stereocenters. The van der Waals surface area contributed by atoms with E-state index in [0.29, 0.717) is 6.54 Å². The number of anilines is 3. The molecule has 0 saturated carbocycles. The average molecular weight is 406 g/mol. The van der Waals surface area contributed by atoms with Crippen molar-refractivity contribution in [2.45, 2.75) is 40.0 Å². The molecule has 1 N–H and O–H groups in total. The number of nitrogens with zero attached hydrogens (tertiary/aromatic N) is 2. The summed E-state index contributed by atoms with van der Waals surface area (Å²) < 4.78 is 0. The summed E-state index contributed by atoms with van der Waals surface area (Å²) in [6.07, 6.45) is 2.59. The van der Waals surface area contributed by atoms with E-state index in [1.165, 1.54) is 12.8 Å². The Hall–Kier alpha value is -2.82. The van der Waals surface area contributed by atoms with E-state index in [1.54, 1.807) is 4.90 Å². The summed E-state index contributed by atoms with van der Waals surface area (Å²) in [4.78, 5) is 29.9. The molecule has 2 saturated heterocycles. The Morgan fingerprint density at radius 3 is 2.47 bits per heavy atom. The summed E-state index contributed by atoms with van der Waals surface area (Å²) in [6, 6.07) is 14.0. The predicted molar refractivity (Wildman–Crippen MR) is 122 cm³/mol. The third kappa shape index (κ3) is 4.07. The molecule has 5 nitrogen and oxygen atoms in total. The smallest absolute Gasteiger partial charge is 0.229 e. The molecular weight excluding hydrogens is 374 g/mol. The van der Waals surface area contributed by atoms with Crippen molar-refractivity contribution in [2.75, 3.05) is 34.8 Å². The van der Waals surface area contributed by atoms with E-state index in [9.17, 15) is 9.59 Å². The third-order valence-electron chi connectivity index (χ3n) is 6.65. The monoisotopic (exact) mass is 405 g/mol. The Bertz CT molecular complexity index is 947. The van der Waals surface area contributed by atoms with Gasteiger partial charge in [-0.1, -0.05) is 31.2 Å². The Balaban J connectivity index is 1.48. The summed E-state index contributed by atoms with van der Waals surface area (Å²) in [5.41, 5.74) is 5.08. The van der Waals surface area contributed by atoms with Gasteiger partial charge in [0.1, 0.15) is 0 Å². The van der Waals surface area contributed by atoms with E-state index in [1.807, 2.05) is 50.2 Å². The van der Waals surface area contributed by atoms with Crippen LogP contribution in [0, 0.1) is 25.7 Å². The fraction of sp³-hybridized carbons (Fsp3) is 0.440. The van der Waals surface area contributed by atoms with Crippen molar-refractivity contribution in [1.82, 2.24) is 0 Å². The molecule has 2 heterocycles. The lowest BCUT2D eigenvalue weighted by atomic mass is 9.98. The summed E-state index contributed by atoms with van der Waals surface area (Å²) >= 11 is 0. The highest BCUT2D eigenvalue weighted by atomic mass is 16.2. The number of carbonyl (C=O) groups is 2. The van der Waals surface area contributed by atoms with Crippen molar-refractivity contribution in [2.24, 2.45) is 11.8 Å². The average Bonchev–Trinajstić information content (AvgIpc) is 3.13. The Morgan fingerprint density at radius 2 is 1.70 bits per heavy atom. The third-order valence-corrected chi connectivity index (χ3v) is 6.65. The number of carbonyl (C=O) groups excluding carboxylic acids is 2. The zero-order valence-electron chi connectivity index (χ0n) is 18.1. The largest absolute Gasteiger partial charge is 0.370 e. The first-order chi connectivity index (χ1) is 14.4. The molecule has 2 aliphatic rings. The minimum atomic E-state index is -0.341. The first kappa shape index (κ1) is 20.5. The minimum Gasteiger partial charge on any atom is -0.370 e. The van der Waals surface area contributed by atoms with Crippen LogP contribution in [0.2, 0.25) is 0 Å². The molecular formula is C25H31N3O2. The summed E-state index contributed by atoms with van der Waals surface area (Å²) in [5, 5.41) is 3.12. The number of nitrogens with one attached hydrogen (secondary N) is 1. The minimum absolute atomic E-state index is 0.0159. The maximum atomic E-state index is 13.1. The standard InChI is InChI=1S/C25H31N3O2/c1-17-11-13-27(14-12-17)23-9-5-4-8-21(23)26-25(30)20-15-24(29)28(16-20)22-10-6-7-18(2)19(22)3/h4-10,17,20H,11-16H2,1-3H3,(H,26,30)/t20-/m0/s1. The van der Waals surface area contributed by atoms with Crippen LogP contribution in [-0.2, 0) is 9.59 Å². The van der Waals surface area contributed by atoms with Gasteiger partial charge in [-0.3, -0.25) is 9.59 Å². The quantitative estimate of drug-likeness (QED) is 0.813. The van der Waals surface area contributed by atoms with Crippen molar-refractivity contribution in [3.8, 4) is 0 Å². The lowest BCUT2D eigenvalue weighted by Gasteiger charge is -2.33. The summed E-state index contributed by atoms with van der Waals surface area (Å²) in [7, 11) is 0. The first-order valence-corrected chi connectivity index (χ1v) is 11.0. The number of amides is 2. The van der Waals surface area contributed by atoms with Crippen LogP contribution in [0.4, 0.5) is 17.1 Å². The van der Waals surface area contributed by atoms with E-state index in [4.69, 9.17) is 0 Å². The maximum absolute atomic E-state index is 13.1. The molecule has 5 heteroatoms. The SMILES string of the molecule is Cc1cccc(N2C[C@@H](C(=O)Nc3ccccc3N3CCC(C)CC3)CC2=O)c1C. The zero-order chi connectivity index (χ0) is 21.3. The highest BCUT2D eigenvalue weighted by Gasteiger charge is 2.36. The van der Waals surface area contributed by atoms with E-state index < -0.39 is 0 Å². The van der Waals surface area contributed by atoms with Gasteiger partial charge in [-0.05, 0) is 61.9 Å². The van der Waals surface area contributed by atoms with Crippen LogP contribution in [0.25, 0.3) is 0 Å². The van der Waals surface area contributed by atoms with Crippen molar-refractivity contribution in [3.63, 3.8) is 0 Å². The Morgan fingerprint density at radius 1 is 1.00 bits per heavy atom. The van der Waals surface area contributed by atoms with E-state index in [0.717, 1.165) is 47.2 Å². The van der Waals surface area contributed by atoms with Gasteiger partial charge in [0.2, 0.25) is 11.8 Å². The van der Waals surface area contributed by atoms with Crippen LogP contribution in [0.3, 0.4) is 0 Å². The number of para-hydroxylation sites is 2. The van der Waals surface area contributed by atoms with Gasteiger partial charge in [0.05, 0.1) is 17.3 Å². The van der Waals surface area contributed by atoms with E-state index >= 15 is 0 Å². The number of hydrogen-bond donors (Lipinski definition) is 1. The van der Waals surface area contributed by atoms with Gasteiger partial charge in [-0.15, -0.1) is 0 Å². The molecule has 0 radical (unpaired) electrons. The van der Waals surface area contributed by atoms with Crippen molar-refractivity contribution >= 4 is 28.9 Å². The molecule has 2 aromatic carbocycles. The number of benzene rings is 2. The van der Waals surface area contributed by atoms with Crippen molar-refractivity contribution in [3.05, 3.63) is 53.6 Å². The van der Waals surface area contributed by atoms with Gasteiger partial charge >= 0.3 is 0 Å². The molecule has 158 valence electrons. The van der Waals surface area contributed by atoms with Crippen LogP contribution in [0.1, 0.15) is 37.3 Å².